The zero-order valence-electron chi connectivity index (χ0n) is 12.0. The first-order chi connectivity index (χ1) is 9.52. The largest absolute Gasteiger partial charge is 0.334 e. The first-order valence-electron chi connectivity index (χ1n) is 7.01. The summed E-state index contributed by atoms with van der Waals surface area (Å²) in [6.07, 6.45) is 2.01. The second-order valence-corrected chi connectivity index (χ2v) is 6.71. The van der Waals surface area contributed by atoms with E-state index < -0.39 is 0 Å². The van der Waals surface area contributed by atoms with Crippen LogP contribution >= 0.6 is 28.6 Å². The van der Waals surface area contributed by atoms with Gasteiger partial charge in [-0.2, -0.15) is 0 Å². The van der Waals surface area contributed by atoms with Crippen molar-refractivity contribution in [3.63, 3.8) is 0 Å². The van der Waals surface area contributed by atoms with Gasteiger partial charge in [-0.05, 0) is 60.6 Å². The van der Waals surface area contributed by atoms with Crippen LogP contribution in [0, 0.1) is 0 Å². The second kappa shape index (κ2) is 6.96. The summed E-state index contributed by atoms with van der Waals surface area (Å²) in [6, 6.07) is 5.90. The maximum absolute atomic E-state index is 12.8. The van der Waals surface area contributed by atoms with Crippen LogP contribution in [0.3, 0.4) is 0 Å². The van der Waals surface area contributed by atoms with Gasteiger partial charge in [0.05, 0.1) is 5.56 Å². The molecule has 2 rings (SSSR count). The molecule has 1 unspecified atom stereocenters. The van der Waals surface area contributed by atoms with Gasteiger partial charge in [0.25, 0.3) is 5.91 Å². The quantitative estimate of drug-likeness (QED) is 0.821. The number of carbonyl (C=O) groups is 1. The average molecular weight is 357 g/mol. The molecule has 1 fully saturated rings. The van der Waals surface area contributed by atoms with Gasteiger partial charge in [0.1, 0.15) is 0 Å². The van der Waals surface area contributed by atoms with Gasteiger partial charge in [-0.15, -0.1) is 12.6 Å². The van der Waals surface area contributed by atoms with Gasteiger partial charge in [-0.3, -0.25) is 4.79 Å². The van der Waals surface area contributed by atoms with Crippen molar-refractivity contribution in [2.75, 3.05) is 26.7 Å². The highest BCUT2D eigenvalue weighted by molar-refractivity contribution is 9.10. The number of halogens is 1. The zero-order valence-corrected chi connectivity index (χ0v) is 14.5. The Kier molecular flexibility index (Phi) is 5.52. The lowest BCUT2D eigenvalue weighted by molar-refractivity contribution is 0.0674. The Morgan fingerprint density at radius 3 is 2.90 bits per heavy atom. The van der Waals surface area contributed by atoms with E-state index in [2.05, 4.69) is 47.4 Å². The predicted octanol–water partition coefficient (Wildman–Crippen LogP) is 3.29. The van der Waals surface area contributed by atoms with E-state index in [4.69, 9.17) is 0 Å². The molecule has 20 heavy (non-hydrogen) atoms. The molecule has 0 saturated carbocycles. The first kappa shape index (κ1) is 15.9. The summed E-state index contributed by atoms with van der Waals surface area (Å²) in [4.78, 5) is 18.0. The lowest BCUT2D eigenvalue weighted by Gasteiger charge is -2.30. The van der Waals surface area contributed by atoms with E-state index in [9.17, 15) is 4.79 Å². The molecule has 1 aromatic rings. The molecule has 1 atom stereocenters. The van der Waals surface area contributed by atoms with E-state index in [1.807, 2.05) is 23.1 Å². The lowest BCUT2D eigenvalue weighted by Crippen LogP contribution is -2.43. The van der Waals surface area contributed by atoms with E-state index >= 15 is 0 Å². The normalized spacial score (nSPS) is 20.8. The SMILES string of the molecule is CCC1CN(C)CCCN1C(=O)c1cc(S)ccc1Br. The topological polar surface area (TPSA) is 23.6 Å². The highest BCUT2D eigenvalue weighted by Crippen LogP contribution is 2.24. The van der Waals surface area contributed by atoms with Gasteiger partial charge in [0.2, 0.25) is 0 Å². The summed E-state index contributed by atoms with van der Waals surface area (Å²) < 4.78 is 0.841. The summed E-state index contributed by atoms with van der Waals surface area (Å²) in [7, 11) is 2.13. The maximum Gasteiger partial charge on any atom is 0.255 e. The monoisotopic (exact) mass is 356 g/mol. The van der Waals surface area contributed by atoms with Crippen molar-refractivity contribution >= 4 is 34.5 Å². The van der Waals surface area contributed by atoms with Crippen LogP contribution in [0.15, 0.2) is 27.6 Å². The molecule has 0 spiro atoms. The molecule has 110 valence electrons. The molecule has 1 aliphatic rings. The molecule has 3 nitrogen and oxygen atoms in total. The molecule has 1 amide bonds. The number of nitrogens with zero attached hydrogens (tertiary/aromatic N) is 2. The molecule has 1 aliphatic heterocycles. The Morgan fingerprint density at radius 1 is 1.45 bits per heavy atom. The van der Waals surface area contributed by atoms with Crippen molar-refractivity contribution in [1.29, 1.82) is 0 Å². The van der Waals surface area contributed by atoms with Gasteiger partial charge in [0.15, 0.2) is 0 Å². The number of thiol groups is 1. The summed E-state index contributed by atoms with van der Waals surface area (Å²) in [5.41, 5.74) is 0.709. The van der Waals surface area contributed by atoms with Gasteiger partial charge >= 0.3 is 0 Å². The van der Waals surface area contributed by atoms with Crippen LogP contribution in [-0.4, -0.2) is 48.4 Å². The van der Waals surface area contributed by atoms with Crippen LogP contribution in [0.5, 0.6) is 0 Å². The van der Waals surface area contributed by atoms with Crippen LogP contribution in [0.25, 0.3) is 0 Å². The summed E-state index contributed by atoms with van der Waals surface area (Å²) >= 11 is 7.82. The fraction of sp³-hybridized carbons (Fsp3) is 0.533. The third-order valence-electron chi connectivity index (χ3n) is 3.81. The van der Waals surface area contributed by atoms with Crippen molar-refractivity contribution < 1.29 is 4.79 Å². The molecule has 0 radical (unpaired) electrons. The van der Waals surface area contributed by atoms with Gasteiger partial charge < -0.3 is 9.80 Å². The Morgan fingerprint density at radius 2 is 2.20 bits per heavy atom. The summed E-state index contributed by atoms with van der Waals surface area (Å²) in [5, 5.41) is 0. The van der Waals surface area contributed by atoms with E-state index in [-0.39, 0.29) is 11.9 Å². The average Bonchev–Trinajstić information content (AvgIpc) is 2.62. The minimum absolute atomic E-state index is 0.106. The first-order valence-corrected chi connectivity index (χ1v) is 8.25. The summed E-state index contributed by atoms with van der Waals surface area (Å²) in [5.74, 6) is 0.106. The minimum Gasteiger partial charge on any atom is -0.334 e. The van der Waals surface area contributed by atoms with E-state index in [1.54, 1.807) is 0 Å². The minimum atomic E-state index is 0.106. The van der Waals surface area contributed by atoms with Crippen LogP contribution in [-0.2, 0) is 0 Å². The molecule has 0 aliphatic carbocycles. The number of likely N-dealkylation sites (N-methyl/N-ethyl adjacent to an activating group) is 1. The number of hydrogen-bond acceptors (Lipinski definition) is 3. The number of hydrogen-bond donors (Lipinski definition) is 1. The van der Waals surface area contributed by atoms with Crippen molar-refractivity contribution in [1.82, 2.24) is 9.80 Å². The van der Waals surface area contributed by atoms with Crippen LogP contribution < -0.4 is 0 Å². The van der Waals surface area contributed by atoms with Crippen molar-refractivity contribution in [3.8, 4) is 0 Å². The highest BCUT2D eigenvalue weighted by Gasteiger charge is 2.27. The van der Waals surface area contributed by atoms with E-state index in [0.717, 1.165) is 41.8 Å². The lowest BCUT2D eigenvalue weighted by atomic mass is 10.1. The second-order valence-electron chi connectivity index (χ2n) is 5.34. The summed E-state index contributed by atoms with van der Waals surface area (Å²) in [6.45, 7) is 4.97. The van der Waals surface area contributed by atoms with Crippen molar-refractivity contribution in [2.24, 2.45) is 0 Å². The van der Waals surface area contributed by atoms with Crippen LogP contribution in [0.1, 0.15) is 30.1 Å². The standard InChI is InChI=1S/C15H21BrN2OS/c1-3-11-10-17(2)7-4-8-18(11)15(19)13-9-12(20)5-6-14(13)16/h5-6,9,11,20H,3-4,7-8,10H2,1-2H3. The number of amides is 1. The zero-order chi connectivity index (χ0) is 14.7. The number of carbonyl (C=O) groups excluding carboxylic acids is 1. The highest BCUT2D eigenvalue weighted by atomic mass is 79.9. The van der Waals surface area contributed by atoms with Gasteiger partial charge in [-0.25, -0.2) is 0 Å². The van der Waals surface area contributed by atoms with Crippen LogP contribution in [0.2, 0.25) is 0 Å². The Bertz CT molecular complexity index is 495. The van der Waals surface area contributed by atoms with Crippen LogP contribution in [0.4, 0.5) is 0 Å². The molecule has 0 aromatic heterocycles. The molecular weight excluding hydrogens is 336 g/mol. The molecule has 0 bridgehead atoms. The molecule has 5 heteroatoms. The molecule has 1 saturated heterocycles. The Hall–Kier alpha value is -0.520. The smallest absolute Gasteiger partial charge is 0.255 e. The Balaban J connectivity index is 2.27. The van der Waals surface area contributed by atoms with Crippen molar-refractivity contribution in [3.05, 3.63) is 28.2 Å². The number of rotatable bonds is 2. The van der Waals surface area contributed by atoms with Gasteiger partial charge in [-0.1, -0.05) is 6.92 Å². The molecule has 0 N–H and O–H groups in total. The molecular formula is C15H21BrN2OS. The predicted molar refractivity (Wildman–Crippen MR) is 88.6 cm³/mol. The van der Waals surface area contributed by atoms with E-state index in [0.29, 0.717) is 5.56 Å². The fourth-order valence-corrected chi connectivity index (χ4v) is 3.31. The maximum atomic E-state index is 12.8. The molecule has 1 heterocycles. The van der Waals surface area contributed by atoms with Gasteiger partial charge in [0, 0.05) is 28.5 Å². The number of benzene rings is 1. The van der Waals surface area contributed by atoms with Crippen molar-refractivity contribution in [2.45, 2.75) is 30.7 Å². The molecule has 1 aromatic carbocycles. The third-order valence-corrected chi connectivity index (χ3v) is 4.78. The third kappa shape index (κ3) is 3.57. The fourth-order valence-electron chi connectivity index (χ4n) is 2.69. The van der Waals surface area contributed by atoms with E-state index in [1.165, 1.54) is 0 Å². The Labute approximate surface area is 134 Å².